The molecule has 17 nitrogen and oxygen atoms in total. The number of carboxylic acids is 1. The van der Waals surface area contributed by atoms with Crippen molar-refractivity contribution in [2.75, 3.05) is 48.6 Å². The van der Waals surface area contributed by atoms with Crippen LogP contribution in [0.1, 0.15) is 126 Å². The Hall–Kier alpha value is -6.28. The Morgan fingerprint density at radius 3 is 1.32 bits per heavy atom. The van der Waals surface area contributed by atoms with Crippen molar-refractivity contribution in [3.8, 4) is 23.0 Å². The molecule has 0 amide bonds. The minimum Gasteiger partial charge on any atom is -0.870 e. The maximum atomic E-state index is 12.8. The van der Waals surface area contributed by atoms with Gasteiger partial charge in [-0.05, 0) is 131 Å². The summed E-state index contributed by atoms with van der Waals surface area (Å²) in [4.78, 5) is 50.0. The molecule has 0 spiro atoms. The number of methoxy groups -OCH3 is 4. The van der Waals surface area contributed by atoms with Gasteiger partial charge < -0.3 is 70.9 Å². The summed E-state index contributed by atoms with van der Waals surface area (Å²) in [6, 6.07) is 24.1. The first-order valence-electron chi connectivity index (χ1n) is 25.2. The maximum absolute atomic E-state index is 12.8. The molecule has 18 heteroatoms. The molecule has 4 aromatic rings. The van der Waals surface area contributed by atoms with Crippen LogP contribution in [0.4, 0.5) is 0 Å². The summed E-state index contributed by atoms with van der Waals surface area (Å²) in [5.74, 6) is -1.05. The summed E-state index contributed by atoms with van der Waals surface area (Å²) in [6.07, 6.45) is 16.3. The van der Waals surface area contributed by atoms with E-state index in [0.29, 0.717) is 78.0 Å². The molecule has 0 aliphatic heterocycles. The van der Waals surface area contributed by atoms with Gasteiger partial charge in [0.05, 0.1) is 44.2 Å². The van der Waals surface area contributed by atoms with Crippen LogP contribution in [0.5, 0.6) is 23.0 Å². The molecule has 0 radical (unpaired) electrons. The number of carboxylic acid groups (broad SMARTS) is 1. The van der Waals surface area contributed by atoms with Gasteiger partial charge in [-0.3, -0.25) is 0 Å². The summed E-state index contributed by atoms with van der Waals surface area (Å²) in [7, 11) is 5.98. The number of esters is 3. The molecule has 0 bridgehead atoms. The average molecular weight is 1110 g/mol. The molecule has 4 N–H and O–H groups in total. The van der Waals surface area contributed by atoms with Crippen molar-refractivity contribution in [1.82, 2.24) is 0 Å². The van der Waals surface area contributed by atoms with E-state index in [9.17, 15) is 34.5 Å². The molecule has 0 aromatic heterocycles. The minimum atomic E-state index is -1.13. The number of allylic oxidation sites excluding steroid dienone is 2. The predicted octanol–water partition coefficient (Wildman–Crippen LogP) is 8.47. The largest absolute Gasteiger partial charge is 1.00 e. The second-order valence-corrected chi connectivity index (χ2v) is 17.7. The third-order valence-electron chi connectivity index (χ3n) is 11.4. The van der Waals surface area contributed by atoms with E-state index in [2.05, 4.69) is 0 Å². The summed E-state index contributed by atoms with van der Waals surface area (Å²) >= 11 is 0. The van der Waals surface area contributed by atoms with E-state index in [0.717, 1.165) is 0 Å². The number of hydrogen-bond acceptors (Lipinski definition) is 16. The van der Waals surface area contributed by atoms with Crippen LogP contribution < -0.4 is 48.5 Å². The van der Waals surface area contributed by atoms with E-state index in [1.54, 1.807) is 93.6 Å². The van der Waals surface area contributed by atoms with E-state index < -0.39 is 48.3 Å². The first-order chi connectivity index (χ1) is 36.6. The molecule has 4 rings (SSSR count). The third kappa shape index (κ3) is 26.5. The topological polar surface area (TPSA) is 242 Å². The molecule has 0 aliphatic rings. The van der Waals surface area contributed by atoms with Crippen LogP contribution in [0.2, 0.25) is 0 Å². The van der Waals surface area contributed by atoms with E-state index in [1.807, 2.05) is 68.5 Å². The SMILES string of the molecule is CCOC(=O)c1c(/C=C/CC[C@H](C)C(/C=C\C[C@H](C)O)OC(=O)c2ccccc2)cc(OC)cc1OCOC.COCOc1cc(OC)cc(/C=C/CC[C@H](C)C(/C=C\C[C@H](C)O)OC(=O)c2ccccc2)c1C(=O)O.[CH3-].[Na+].[OH-]. The van der Waals surface area contributed by atoms with E-state index in [4.69, 9.17) is 42.6 Å². The molecule has 0 aliphatic carbocycles. The molecule has 2 unspecified atom stereocenters. The third-order valence-corrected chi connectivity index (χ3v) is 11.4. The van der Waals surface area contributed by atoms with Crippen LogP contribution >= 0.6 is 0 Å². The standard InChI is InChI=1S/C31H40O8.C29H36O8.CH3.Na.H2O/c1-6-37-31(34)29-25(19-26(36-5)20-28(29)38-21-35-4)17-11-10-13-22(2)27(18-12-14-23(3)32)39-30(33)24-15-8-7-9-16-24;1-20(25(16-10-12-21(2)30)37-29(33)22-13-6-5-7-14-22)11-8-9-15-23-17-24(35-4)18-26(36-19-34-3)27(23)28(31)32;;;/h7-9,11-12,15-20,22-23,27,32H,6,10,13-14,21H2,1-5H3;5-7,9-10,13-18,20-21,25,30H,8,11-12,19H2,1-4H3,(H,31,32);1H3;;1H2/q;;-1;+1;/p-1/b17-11+,18-12-;15-9+,16-10-;;;/t22-,23-,27?;20-,21-,25?;;;/m00.../s1. The number of carbonyl (C=O) groups is 4. The van der Waals surface area contributed by atoms with E-state index in [-0.39, 0.29) is 91.4 Å². The molecule has 4 aromatic carbocycles. The molecule has 0 saturated heterocycles. The number of rotatable bonds is 31. The fraction of sp³-hybridized carbons (Fsp3) is 0.393. The molecular formula is C61H80NaO17-. The zero-order chi connectivity index (χ0) is 55.8. The van der Waals surface area contributed by atoms with Gasteiger partial charge in [0.1, 0.15) is 46.3 Å². The quantitative estimate of drug-likeness (QED) is 0.0107. The zero-order valence-electron chi connectivity index (χ0n) is 47.6. The normalized spacial score (nSPS) is 13.3. The Bertz CT molecular complexity index is 2510. The average Bonchev–Trinajstić information content (AvgIpc) is 3.41. The Morgan fingerprint density at radius 1 is 0.570 bits per heavy atom. The van der Waals surface area contributed by atoms with Crippen molar-refractivity contribution in [3.05, 3.63) is 162 Å². The van der Waals surface area contributed by atoms with Gasteiger partial charge in [0.15, 0.2) is 13.6 Å². The number of aliphatic hydroxyl groups is 2. The Morgan fingerprint density at radius 2 is 0.962 bits per heavy atom. The first-order valence-corrected chi connectivity index (χ1v) is 25.2. The van der Waals surface area contributed by atoms with Crippen LogP contribution in [-0.2, 0) is 23.7 Å². The second kappa shape index (κ2) is 40.8. The molecule has 428 valence electrons. The molecular weight excluding hydrogens is 1030 g/mol. The zero-order valence-corrected chi connectivity index (χ0v) is 49.6. The summed E-state index contributed by atoms with van der Waals surface area (Å²) in [6.45, 7) is 9.22. The Labute approximate surface area is 488 Å². The van der Waals surface area contributed by atoms with Crippen LogP contribution in [0.25, 0.3) is 12.2 Å². The molecule has 0 heterocycles. The van der Waals surface area contributed by atoms with Gasteiger partial charge >= 0.3 is 53.4 Å². The fourth-order valence-corrected chi connectivity index (χ4v) is 7.35. The summed E-state index contributed by atoms with van der Waals surface area (Å²) < 4.78 is 48.5. The van der Waals surface area contributed by atoms with E-state index >= 15 is 0 Å². The van der Waals surface area contributed by atoms with Gasteiger partial charge in [-0.2, -0.15) is 0 Å². The van der Waals surface area contributed by atoms with Gasteiger partial charge in [0, 0.05) is 26.4 Å². The van der Waals surface area contributed by atoms with Crippen LogP contribution in [-0.4, -0.2) is 118 Å². The second-order valence-electron chi connectivity index (χ2n) is 17.7. The van der Waals surface area contributed by atoms with E-state index in [1.165, 1.54) is 34.5 Å². The van der Waals surface area contributed by atoms with Gasteiger partial charge in [0.2, 0.25) is 0 Å². The number of benzene rings is 4. The number of ether oxygens (including phenoxy) is 9. The van der Waals surface area contributed by atoms with Crippen molar-refractivity contribution in [2.45, 2.75) is 97.6 Å². The summed E-state index contributed by atoms with van der Waals surface area (Å²) in [5.41, 5.74) is 2.28. The van der Waals surface area contributed by atoms with Crippen LogP contribution in [0, 0.1) is 19.3 Å². The van der Waals surface area contributed by atoms with Crippen molar-refractivity contribution >= 4 is 36.0 Å². The molecule has 6 atom stereocenters. The van der Waals surface area contributed by atoms with Crippen LogP contribution in [0.3, 0.4) is 0 Å². The number of aromatic carboxylic acids is 1. The molecule has 0 saturated carbocycles. The monoisotopic (exact) mass is 1110 g/mol. The van der Waals surface area contributed by atoms with Gasteiger partial charge in [-0.15, -0.1) is 0 Å². The number of carbonyl (C=O) groups excluding carboxylic acids is 3. The Balaban J connectivity index is 0.00000149. The summed E-state index contributed by atoms with van der Waals surface area (Å²) in [5, 5.41) is 29.0. The maximum Gasteiger partial charge on any atom is 1.00 e. The van der Waals surface area contributed by atoms with Gasteiger partial charge in [0.25, 0.3) is 0 Å². The fourth-order valence-electron chi connectivity index (χ4n) is 7.35. The number of aliphatic hydroxyl groups excluding tert-OH is 2. The van der Waals surface area contributed by atoms with Crippen molar-refractivity contribution in [1.29, 1.82) is 0 Å². The predicted molar refractivity (Wildman–Crippen MR) is 299 cm³/mol. The van der Waals surface area contributed by atoms with Crippen LogP contribution in [0.15, 0.2) is 121 Å². The van der Waals surface area contributed by atoms with Crippen molar-refractivity contribution in [3.63, 3.8) is 0 Å². The Kier molecular flexibility index (Phi) is 37.6. The first kappa shape index (κ1) is 72.7. The van der Waals surface area contributed by atoms with Crippen molar-refractivity contribution in [2.24, 2.45) is 11.8 Å². The molecule has 0 fully saturated rings. The van der Waals surface area contributed by atoms with Gasteiger partial charge in [-0.25, -0.2) is 19.2 Å². The number of hydrogen-bond donors (Lipinski definition) is 3. The van der Waals surface area contributed by atoms with Gasteiger partial charge in [-0.1, -0.05) is 86.7 Å². The molecule has 79 heavy (non-hydrogen) atoms. The van der Waals surface area contributed by atoms with Crippen molar-refractivity contribution < 1.29 is 112 Å². The minimum absolute atomic E-state index is 0. The smallest absolute Gasteiger partial charge is 0.870 e.